The van der Waals surface area contributed by atoms with Gasteiger partial charge in [0.05, 0.1) is 11.8 Å². The molecule has 0 saturated heterocycles. The number of nitrogens with one attached hydrogen (secondary N) is 1. The molecule has 0 aliphatic rings. The Balaban J connectivity index is 2.35. The van der Waals surface area contributed by atoms with Gasteiger partial charge in [0.15, 0.2) is 5.82 Å². The number of nitrogens with zero attached hydrogens (tertiary/aromatic N) is 3. The molecule has 5 nitrogen and oxygen atoms in total. The van der Waals surface area contributed by atoms with Gasteiger partial charge in [0, 0.05) is 18.9 Å². The summed E-state index contributed by atoms with van der Waals surface area (Å²) in [6.07, 6.45) is 3.13. The maximum Gasteiger partial charge on any atom is 0.152 e. The number of anilines is 1. The normalized spacial score (nSPS) is 13.2. The van der Waals surface area contributed by atoms with Gasteiger partial charge in [0.1, 0.15) is 5.52 Å². The largest absolute Gasteiger partial charge is 0.392 e. The van der Waals surface area contributed by atoms with Crippen molar-refractivity contribution >= 4 is 11.3 Å². The maximum atomic E-state index is 9.27. The van der Waals surface area contributed by atoms with Crippen molar-refractivity contribution in [3.63, 3.8) is 0 Å². The molecule has 2 heterocycles. The standard InChI is InChI=1S/C12H18N4O/c1-8(2)10-6-11-12(14-7-9(3)17)13-4-5-16(11)15-10/h4-6,8-9,17H,7H2,1-3H3,(H,13,14). The Morgan fingerprint density at radius 1 is 1.41 bits per heavy atom. The van der Waals surface area contributed by atoms with Gasteiger partial charge in [-0.1, -0.05) is 13.8 Å². The summed E-state index contributed by atoms with van der Waals surface area (Å²) in [7, 11) is 0. The Kier molecular flexibility index (Phi) is 3.28. The molecule has 1 atom stereocenters. The minimum atomic E-state index is -0.399. The van der Waals surface area contributed by atoms with Crippen LogP contribution >= 0.6 is 0 Å². The molecule has 0 aliphatic carbocycles. The molecule has 0 saturated carbocycles. The van der Waals surface area contributed by atoms with Crippen molar-refractivity contribution in [3.8, 4) is 0 Å². The zero-order valence-corrected chi connectivity index (χ0v) is 10.4. The van der Waals surface area contributed by atoms with Crippen molar-refractivity contribution < 1.29 is 5.11 Å². The van der Waals surface area contributed by atoms with Crippen molar-refractivity contribution in [1.29, 1.82) is 0 Å². The molecule has 0 fully saturated rings. The van der Waals surface area contributed by atoms with E-state index in [2.05, 4.69) is 29.2 Å². The molecular weight excluding hydrogens is 216 g/mol. The van der Waals surface area contributed by atoms with E-state index in [9.17, 15) is 5.11 Å². The van der Waals surface area contributed by atoms with Crippen LogP contribution in [0.15, 0.2) is 18.5 Å². The van der Waals surface area contributed by atoms with Crippen LogP contribution in [0.1, 0.15) is 32.4 Å². The van der Waals surface area contributed by atoms with E-state index in [-0.39, 0.29) is 0 Å². The van der Waals surface area contributed by atoms with Crippen molar-refractivity contribution in [3.05, 3.63) is 24.2 Å². The van der Waals surface area contributed by atoms with Gasteiger partial charge in [-0.3, -0.25) is 0 Å². The van der Waals surface area contributed by atoms with Crippen LogP contribution in [0.25, 0.3) is 5.52 Å². The Hall–Kier alpha value is -1.62. The number of aromatic nitrogens is 3. The van der Waals surface area contributed by atoms with Crippen molar-refractivity contribution in [1.82, 2.24) is 14.6 Å². The van der Waals surface area contributed by atoms with Crippen LogP contribution in [0.5, 0.6) is 0 Å². The SMILES string of the molecule is CC(O)CNc1nccn2nc(C(C)C)cc12. The third kappa shape index (κ3) is 2.55. The Morgan fingerprint density at radius 2 is 2.18 bits per heavy atom. The van der Waals surface area contributed by atoms with Gasteiger partial charge in [-0.15, -0.1) is 0 Å². The number of aliphatic hydroxyl groups excluding tert-OH is 1. The van der Waals surface area contributed by atoms with Gasteiger partial charge in [0.25, 0.3) is 0 Å². The molecule has 0 radical (unpaired) electrons. The third-order valence-corrected chi connectivity index (χ3v) is 2.57. The lowest BCUT2D eigenvalue weighted by atomic mass is 10.1. The summed E-state index contributed by atoms with van der Waals surface area (Å²) in [5, 5.41) is 16.9. The predicted molar refractivity (Wildman–Crippen MR) is 67.2 cm³/mol. The first-order valence-electron chi connectivity index (χ1n) is 5.84. The summed E-state index contributed by atoms with van der Waals surface area (Å²) >= 11 is 0. The zero-order valence-electron chi connectivity index (χ0n) is 10.4. The monoisotopic (exact) mass is 234 g/mol. The van der Waals surface area contributed by atoms with Gasteiger partial charge < -0.3 is 10.4 Å². The van der Waals surface area contributed by atoms with Crippen LogP contribution in [0.3, 0.4) is 0 Å². The van der Waals surface area contributed by atoms with E-state index < -0.39 is 6.10 Å². The summed E-state index contributed by atoms with van der Waals surface area (Å²) in [5.74, 6) is 1.15. The minimum Gasteiger partial charge on any atom is -0.392 e. The van der Waals surface area contributed by atoms with Gasteiger partial charge in [-0.25, -0.2) is 9.50 Å². The second-order valence-corrected chi connectivity index (χ2v) is 4.56. The van der Waals surface area contributed by atoms with Gasteiger partial charge in [0.2, 0.25) is 0 Å². The molecule has 0 spiro atoms. The van der Waals surface area contributed by atoms with E-state index in [0.29, 0.717) is 12.5 Å². The van der Waals surface area contributed by atoms with Crippen molar-refractivity contribution in [2.24, 2.45) is 0 Å². The van der Waals surface area contributed by atoms with E-state index in [1.807, 2.05) is 16.8 Å². The summed E-state index contributed by atoms with van der Waals surface area (Å²) < 4.78 is 1.81. The summed E-state index contributed by atoms with van der Waals surface area (Å²) in [6.45, 7) is 6.44. The van der Waals surface area contributed by atoms with E-state index >= 15 is 0 Å². The number of aliphatic hydroxyl groups is 1. The Bertz CT molecular complexity index is 504. The summed E-state index contributed by atoms with van der Waals surface area (Å²) in [5.41, 5.74) is 1.98. The molecule has 17 heavy (non-hydrogen) atoms. The molecule has 0 aromatic carbocycles. The molecule has 2 rings (SSSR count). The molecule has 0 amide bonds. The zero-order chi connectivity index (χ0) is 12.4. The quantitative estimate of drug-likeness (QED) is 0.844. The number of hydrogen-bond acceptors (Lipinski definition) is 4. The van der Waals surface area contributed by atoms with Crippen molar-refractivity contribution in [2.75, 3.05) is 11.9 Å². The maximum absolute atomic E-state index is 9.27. The molecule has 0 aliphatic heterocycles. The molecule has 2 aromatic rings. The molecular formula is C12H18N4O. The predicted octanol–water partition coefficient (Wildman–Crippen LogP) is 1.65. The smallest absolute Gasteiger partial charge is 0.152 e. The van der Waals surface area contributed by atoms with Gasteiger partial charge in [-0.05, 0) is 18.9 Å². The Labute approximate surface area is 100 Å². The lowest BCUT2D eigenvalue weighted by Crippen LogP contribution is -2.16. The first kappa shape index (κ1) is 11.9. The number of fused-ring (bicyclic) bond motifs is 1. The van der Waals surface area contributed by atoms with Crippen LogP contribution < -0.4 is 5.32 Å². The second kappa shape index (κ2) is 4.71. The topological polar surface area (TPSA) is 62.5 Å². The average Bonchev–Trinajstić information content (AvgIpc) is 2.70. The van der Waals surface area contributed by atoms with Crippen LogP contribution in [-0.4, -0.2) is 32.4 Å². The summed E-state index contributed by atoms with van der Waals surface area (Å²) in [6, 6.07) is 2.03. The first-order chi connectivity index (χ1) is 8.08. The van der Waals surface area contributed by atoms with Crippen LogP contribution in [0.4, 0.5) is 5.82 Å². The highest BCUT2D eigenvalue weighted by Crippen LogP contribution is 2.19. The number of hydrogen-bond donors (Lipinski definition) is 2. The van der Waals surface area contributed by atoms with Crippen LogP contribution in [-0.2, 0) is 0 Å². The van der Waals surface area contributed by atoms with E-state index in [1.54, 1.807) is 13.1 Å². The first-order valence-corrected chi connectivity index (χ1v) is 5.84. The molecule has 1 unspecified atom stereocenters. The third-order valence-electron chi connectivity index (χ3n) is 2.57. The highest BCUT2D eigenvalue weighted by molar-refractivity contribution is 5.67. The highest BCUT2D eigenvalue weighted by atomic mass is 16.3. The minimum absolute atomic E-state index is 0.388. The van der Waals surface area contributed by atoms with Gasteiger partial charge in [-0.2, -0.15) is 5.10 Å². The van der Waals surface area contributed by atoms with E-state index in [1.165, 1.54) is 0 Å². The fourth-order valence-electron chi connectivity index (χ4n) is 1.60. The van der Waals surface area contributed by atoms with Crippen LogP contribution in [0, 0.1) is 0 Å². The summed E-state index contributed by atoms with van der Waals surface area (Å²) in [4.78, 5) is 4.27. The molecule has 92 valence electrons. The molecule has 2 N–H and O–H groups in total. The second-order valence-electron chi connectivity index (χ2n) is 4.56. The fourth-order valence-corrected chi connectivity index (χ4v) is 1.60. The lowest BCUT2D eigenvalue weighted by molar-refractivity contribution is 0.208. The van der Waals surface area contributed by atoms with E-state index in [0.717, 1.165) is 17.0 Å². The lowest BCUT2D eigenvalue weighted by Gasteiger charge is -2.08. The fraction of sp³-hybridized carbons (Fsp3) is 0.500. The van der Waals surface area contributed by atoms with Crippen LogP contribution in [0.2, 0.25) is 0 Å². The van der Waals surface area contributed by atoms with Gasteiger partial charge >= 0.3 is 0 Å². The Morgan fingerprint density at radius 3 is 2.82 bits per heavy atom. The average molecular weight is 234 g/mol. The molecule has 2 aromatic heterocycles. The molecule has 5 heteroatoms. The highest BCUT2D eigenvalue weighted by Gasteiger charge is 2.09. The molecule has 0 bridgehead atoms. The van der Waals surface area contributed by atoms with E-state index in [4.69, 9.17) is 0 Å². The number of rotatable bonds is 4. The van der Waals surface area contributed by atoms with Crippen molar-refractivity contribution in [2.45, 2.75) is 32.8 Å².